The highest BCUT2D eigenvalue weighted by molar-refractivity contribution is 6.45. The average Bonchev–Trinajstić information content (AvgIpc) is 3.56. The highest BCUT2D eigenvalue weighted by Gasteiger charge is 2.56. The highest BCUT2D eigenvalue weighted by Crippen LogP contribution is 2.46. The molecule has 0 radical (unpaired) electrons. The van der Waals surface area contributed by atoms with E-state index in [4.69, 9.17) is 0 Å². The van der Waals surface area contributed by atoms with E-state index in [9.17, 15) is 24.4 Å². The minimum absolute atomic E-state index is 0.0137. The number of anilines is 1. The number of hydrogen-bond donors (Lipinski definition) is 3. The molecule has 0 bridgehead atoms. The third kappa shape index (κ3) is 4.22. The van der Waals surface area contributed by atoms with Crippen LogP contribution in [0.15, 0.2) is 54.7 Å². The zero-order valence-electron chi connectivity index (χ0n) is 21.5. The van der Waals surface area contributed by atoms with Crippen molar-refractivity contribution in [2.24, 2.45) is 5.41 Å². The summed E-state index contributed by atoms with van der Waals surface area (Å²) in [5.74, 6) is -2.39. The molecule has 9 heteroatoms. The van der Waals surface area contributed by atoms with Crippen LogP contribution in [0.5, 0.6) is 0 Å². The van der Waals surface area contributed by atoms with Crippen LogP contribution in [-0.4, -0.2) is 52.0 Å². The van der Waals surface area contributed by atoms with Gasteiger partial charge in [0.1, 0.15) is 12.1 Å². The molecule has 2 aliphatic rings. The minimum atomic E-state index is -1.05. The lowest BCUT2D eigenvalue weighted by atomic mass is 9.80. The zero-order valence-corrected chi connectivity index (χ0v) is 21.5. The number of amides is 3. The van der Waals surface area contributed by atoms with E-state index in [1.807, 2.05) is 45.0 Å². The molecule has 1 aromatic heterocycles. The highest BCUT2D eigenvalue weighted by atomic mass is 16.2. The maximum absolute atomic E-state index is 13.9. The van der Waals surface area contributed by atoms with Crippen LogP contribution in [0.4, 0.5) is 5.69 Å². The van der Waals surface area contributed by atoms with Crippen LogP contribution in [0.1, 0.15) is 49.5 Å². The lowest BCUT2D eigenvalue weighted by Gasteiger charge is -2.31. The molecule has 2 aliphatic heterocycles. The number of Topliss-reactive ketones (excluding diaryl/α,β-unsaturated/α-hetero) is 1. The second kappa shape index (κ2) is 9.14. The van der Waals surface area contributed by atoms with E-state index in [0.717, 1.165) is 11.1 Å². The predicted molar refractivity (Wildman–Crippen MR) is 141 cm³/mol. The van der Waals surface area contributed by atoms with Crippen LogP contribution in [-0.2, 0) is 19.8 Å². The van der Waals surface area contributed by atoms with Crippen molar-refractivity contribution < 1.29 is 19.2 Å². The third-order valence-corrected chi connectivity index (χ3v) is 7.38. The summed E-state index contributed by atoms with van der Waals surface area (Å²) in [5.41, 5.74) is 0.949. The van der Waals surface area contributed by atoms with Gasteiger partial charge in [-0.1, -0.05) is 57.2 Å². The molecule has 2 aromatic carbocycles. The molecule has 38 heavy (non-hydrogen) atoms. The first-order valence-corrected chi connectivity index (χ1v) is 12.6. The number of para-hydroxylation sites is 2. The third-order valence-electron chi connectivity index (χ3n) is 7.38. The molecule has 194 valence electrons. The Balaban J connectivity index is 1.42. The first-order valence-electron chi connectivity index (χ1n) is 12.6. The van der Waals surface area contributed by atoms with E-state index < -0.39 is 35.1 Å². The summed E-state index contributed by atoms with van der Waals surface area (Å²) in [6, 6.07) is 14.7. The summed E-state index contributed by atoms with van der Waals surface area (Å²) >= 11 is 0. The van der Waals surface area contributed by atoms with Gasteiger partial charge in [-0.2, -0.15) is 5.26 Å². The van der Waals surface area contributed by atoms with Crippen molar-refractivity contribution in [1.29, 1.82) is 5.26 Å². The van der Waals surface area contributed by atoms with E-state index >= 15 is 0 Å². The van der Waals surface area contributed by atoms with Crippen molar-refractivity contribution in [3.8, 4) is 6.07 Å². The number of benzene rings is 2. The van der Waals surface area contributed by atoms with Crippen molar-refractivity contribution in [2.45, 2.75) is 51.1 Å². The second-order valence-electron chi connectivity index (χ2n) is 11.3. The van der Waals surface area contributed by atoms with Crippen molar-refractivity contribution in [3.63, 3.8) is 0 Å². The van der Waals surface area contributed by atoms with Gasteiger partial charge in [0, 0.05) is 35.8 Å². The van der Waals surface area contributed by atoms with Gasteiger partial charge in [0.05, 0.1) is 17.0 Å². The summed E-state index contributed by atoms with van der Waals surface area (Å²) in [6.45, 7) is 5.79. The summed E-state index contributed by atoms with van der Waals surface area (Å²) < 4.78 is 0. The van der Waals surface area contributed by atoms with Gasteiger partial charge in [-0.3, -0.25) is 19.2 Å². The maximum atomic E-state index is 13.9. The number of rotatable bonds is 5. The Kier molecular flexibility index (Phi) is 6.06. The Bertz CT molecular complexity index is 1510. The number of aromatic amines is 1. The SMILES string of the molecule is CC(C)(C)C[C@H](NC(=O)C(=O)c1c[nH]c2ccccc12)C(=O)N1C[C@]2(C[C@H]1C#N)C(=O)Nc1ccccc12. The molecular formula is C29H29N5O4. The van der Waals surface area contributed by atoms with Gasteiger partial charge in [0.2, 0.25) is 11.8 Å². The fraction of sp³-hybridized carbons (Fsp3) is 0.345. The van der Waals surface area contributed by atoms with Crippen LogP contribution in [0, 0.1) is 16.7 Å². The monoisotopic (exact) mass is 511 g/mol. The molecule has 1 spiro atoms. The lowest BCUT2D eigenvalue weighted by molar-refractivity contribution is -0.136. The number of carbonyl (C=O) groups is 4. The molecule has 3 N–H and O–H groups in total. The second-order valence-corrected chi connectivity index (χ2v) is 11.3. The van der Waals surface area contributed by atoms with E-state index in [1.165, 1.54) is 11.1 Å². The Morgan fingerprint density at radius 1 is 1.16 bits per heavy atom. The first-order chi connectivity index (χ1) is 18.0. The van der Waals surface area contributed by atoms with Crippen LogP contribution in [0.2, 0.25) is 0 Å². The van der Waals surface area contributed by atoms with E-state index in [2.05, 4.69) is 21.7 Å². The Hall–Kier alpha value is -4.45. The molecule has 0 aliphatic carbocycles. The summed E-state index contributed by atoms with van der Waals surface area (Å²) in [7, 11) is 0. The smallest absolute Gasteiger partial charge is 0.293 e. The van der Waals surface area contributed by atoms with Crippen molar-refractivity contribution in [3.05, 3.63) is 65.9 Å². The van der Waals surface area contributed by atoms with Gasteiger partial charge < -0.3 is 20.5 Å². The predicted octanol–water partition coefficient (Wildman–Crippen LogP) is 3.29. The molecule has 1 saturated heterocycles. The van der Waals surface area contributed by atoms with Crippen molar-refractivity contribution >= 4 is 40.1 Å². The molecule has 1 fully saturated rings. The molecular weight excluding hydrogens is 482 g/mol. The summed E-state index contributed by atoms with van der Waals surface area (Å²) in [5, 5.41) is 16.1. The van der Waals surface area contributed by atoms with Gasteiger partial charge in [-0.25, -0.2) is 0 Å². The number of carbonyl (C=O) groups excluding carboxylic acids is 4. The number of fused-ring (bicyclic) bond motifs is 3. The number of nitriles is 1. The van der Waals surface area contributed by atoms with E-state index in [-0.39, 0.29) is 36.3 Å². The van der Waals surface area contributed by atoms with Crippen molar-refractivity contribution in [2.75, 3.05) is 11.9 Å². The lowest BCUT2D eigenvalue weighted by Crippen LogP contribution is -2.53. The van der Waals surface area contributed by atoms with Crippen LogP contribution >= 0.6 is 0 Å². The minimum Gasteiger partial charge on any atom is -0.360 e. The molecule has 3 amide bonds. The van der Waals surface area contributed by atoms with Gasteiger partial charge in [0.25, 0.3) is 11.7 Å². The molecule has 3 aromatic rings. The van der Waals surface area contributed by atoms with E-state index in [0.29, 0.717) is 11.1 Å². The van der Waals surface area contributed by atoms with Crippen LogP contribution < -0.4 is 10.6 Å². The first kappa shape index (κ1) is 25.2. The fourth-order valence-corrected chi connectivity index (χ4v) is 5.60. The van der Waals surface area contributed by atoms with Crippen LogP contribution in [0.3, 0.4) is 0 Å². The average molecular weight is 512 g/mol. The number of hydrogen-bond acceptors (Lipinski definition) is 5. The van der Waals surface area contributed by atoms with Crippen molar-refractivity contribution in [1.82, 2.24) is 15.2 Å². The number of ketones is 1. The Labute approximate surface area is 220 Å². The Morgan fingerprint density at radius 3 is 2.61 bits per heavy atom. The maximum Gasteiger partial charge on any atom is 0.293 e. The molecule has 0 saturated carbocycles. The quantitative estimate of drug-likeness (QED) is 0.357. The molecule has 9 nitrogen and oxygen atoms in total. The van der Waals surface area contributed by atoms with Gasteiger partial charge in [-0.15, -0.1) is 0 Å². The normalized spacial score (nSPS) is 21.2. The molecule has 3 atom stereocenters. The standard InChI is InChI=1S/C29H29N5O4/c1-28(2,3)13-23(32-25(36)24(35)19-15-31-21-10-6-4-8-18(19)21)26(37)34-16-29(12-17(34)14-30)20-9-5-7-11-22(20)33-27(29)38/h4-11,15,17,23,31H,12-13,16H2,1-3H3,(H,32,36)(H,33,38)/t17-,23-,29-/m0/s1. The van der Waals surface area contributed by atoms with Crippen LogP contribution in [0.25, 0.3) is 10.9 Å². The Morgan fingerprint density at radius 2 is 1.87 bits per heavy atom. The number of likely N-dealkylation sites (tertiary alicyclic amines) is 1. The summed E-state index contributed by atoms with van der Waals surface area (Å²) in [6.07, 6.45) is 1.88. The number of nitrogens with one attached hydrogen (secondary N) is 3. The zero-order chi connectivity index (χ0) is 27.2. The topological polar surface area (TPSA) is 135 Å². The molecule has 0 unspecified atom stereocenters. The molecule has 3 heterocycles. The van der Waals surface area contributed by atoms with Gasteiger partial charge >= 0.3 is 0 Å². The number of aromatic nitrogens is 1. The fourth-order valence-electron chi connectivity index (χ4n) is 5.60. The number of nitrogens with zero attached hydrogens (tertiary/aromatic N) is 2. The number of H-pyrrole nitrogens is 1. The summed E-state index contributed by atoms with van der Waals surface area (Å²) in [4.78, 5) is 57.7. The van der Waals surface area contributed by atoms with E-state index in [1.54, 1.807) is 24.3 Å². The van der Waals surface area contributed by atoms with Gasteiger partial charge in [0.15, 0.2) is 0 Å². The largest absolute Gasteiger partial charge is 0.360 e. The molecule has 5 rings (SSSR count). The van der Waals surface area contributed by atoms with Gasteiger partial charge in [-0.05, 0) is 29.5 Å².